The first-order valence-corrected chi connectivity index (χ1v) is 21.2. The predicted molar refractivity (Wildman–Crippen MR) is 224 cm³/mol. The van der Waals surface area contributed by atoms with E-state index in [4.69, 9.17) is 4.98 Å². The van der Waals surface area contributed by atoms with Crippen LogP contribution >= 0.6 is 18.5 Å². The second kappa shape index (κ2) is 13.3. The molecule has 0 radical (unpaired) electrons. The van der Waals surface area contributed by atoms with E-state index in [9.17, 15) is 0 Å². The summed E-state index contributed by atoms with van der Waals surface area (Å²) in [4.78, 5) is 5.57. The Hall–Kier alpha value is -4.82. The summed E-state index contributed by atoms with van der Waals surface area (Å²) in [5.74, 6) is 0.967. The fourth-order valence-corrected chi connectivity index (χ4v) is 13.5. The van der Waals surface area contributed by atoms with Crippen LogP contribution in [0, 0.1) is 11.8 Å². The Balaban J connectivity index is 1.16. The lowest BCUT2D eigenvalue weighted by atomic mass is 9.82. The summed E-state index contributed by atoms with van der Waals surface area (Å²) in [5.41, 5.74) is 9.49. The molecule has 2 aliphatic rings. The Kier molecular flexibility index (Phi) is 8.45. The van der Waals surface area contributed by atoms with Gasteiger partial charge in [-0.05, 0) is 59.1 Å². The molecule has 0 amide bonds. The summed E-state index contributed by atoms with van der Waals surface area (Å²) in [6, 6.07) is 47.2. The molecule has 52 heavy (non-hydrogen) atoms. The average Bonchev–Trinajstić information content (AvgIpc) is 3.59. The van der Waals surface area contributed by atoms with E-state index in [1.165, 1.54) is 42.6 Å². The van der Waals surface area contributed by atoms with Gasteiger partial charge in [-0.1, -0.05) is 160 Å². The third kappa shape index (κ3) is 5.54. The maximum atomic E-state index is 15.4. The van der Waals surface area contributed by atoms with Gasteiger partial charge in [0.05, 0.1) is 16.1 Å². The van der Waals surface area contributed by atoms with Gasteiger partial charge in [0.15, 0.2) is 0 Å². The molecule has 0 N–H and O–H groups in total. The van der Waals surface area contributed by atoms with Gasteiger partial charge in [0.25, 0.3) is 0 Å². The van der Waals surface area contributed by atoms with Gasteiger partial charge in [0.2, 0.25) is 0 Å². The molecular formula is C48H42NOPS. The number of thiophene rings is 1. The van der Waals surface area contributed by atoms with E-state index in [0.717, 1.165) is 45.8 Å². The van der Waals surface area contributed by atoms with Gasteiger partial charge >= 0.3 is 0 Å². The molecule has 5 aromatic carbocycles. The van der Waals surface area contributed by atoms with Crippen molar-refractivity contribution in [1.29, 1.82) is 0 Å². The van der Waals surface area contributed by atoms with E-state index in [1.54, 1.807) is 0 Å². The van der Waals surface area contributed by atoms with E-state index >= 15 is 4.57 Å². The molecule has 0 saturated carbocycles. The number of benzene rings is 5. The van der Waals surface area contributed by atoms with E-state index in [2.05, 4.69) is 154 Å². The zero-order chi connectivity index (χ0) is 35.4. The van der Waals surface area contributed by atoms with Gasteiger partial charge in [-0.15, -0.1) is 11.3 Å². The highest BCUT2D eigenvalue weighted by Gasteiger charge is 2.41. The van der Waals surface area contributed by atoms with Crippen LogP contribution in [0.3, 0.4) is 0 Å². The van der Waals surface area contributed by atoms with Crippen molar-refractivity contribution in [2.24, 2.45) is 11.8 Å². The molecule has 7 aromatic rings. The molecule has 0 saturated heterocycles. The lowest BCUT2D eigenvalue weighted by molar-refractivity contribution is 0.486. The van der Waals surface area contributed by atoms with Crippen molar-refractivity contribution < 1.29 is 4.57 Å². The van der Waals surface area contributed by atoms with Crippen molar-refractivity contribution in [2.75, 3.05) is 0 Å². The molecular weight excluding hydrogens is 670 g/mol. The van der Waals surface area contributed by atoms with Crippen LogP contribution in [0.25, 0.3) is 48.1 Å². The first kappa shape index (κ1) is 33.0. The van der Waals surface area contributed by atoms with Gasteiger partial charge in [0, 0.05) is 48.8 Å². The molecule has 0 fully saturated rings. The fraction of sp³-hybridized carbons (Fsp3) is 0.188. The molecule has 0 spiro atoms. The SMILES string of the molecule is CC1C=CC(C)C(P(=O)(c2ccccc2)c2ccc(-c3cccc(-c4nc5c(c6c4sc4ccccc46)C(c4ccccc4)=CCC5C)c3)cc2)C1. The Morgan fingerprint density at radius 2 is 1.35 bits per heavy atom. The summed E-state index contributed by atoms with van der Waals surface area (Å²) in [5, 5.41) is 4.51. The second-order valence-electron chi connectivity index (χ2n) is 14.8. The maximum absolute atomic E-state index is 15.4. The van der Waals surface area contributed by atoms with Crippen LogP contribution in [-0.4, -0.2) is 10.6 Å². The lowest BCUT2D eigenvalue weighted by Gasteiger charge is -2.35. The minimum atomic E-state index is -2.91. The summed E-state index contributed by atoms with van der Waals surface area (Å²) >= 11 is 1.85. The number of hydrogen-bond acceptors (Lipinski definition) is 3. The summed E-state index contributed by atoms with van der Waals surface area (Å²) in [7, 11) is -2.91. The van der Waals surface area contributed by atoms with Crippen molar-refractivity contribution in [3.05, 3.63) is 169 Å². The quantitative estimate of drug-likeness (QED) is 0.127. The lowest BCUT2D eigenvalue weighted by Crippen LogP contribution is -2.32. The Bertz CT molecular complexity index is 2550. The standard InChI is InChI=1S/C48H42NOPS/c1-31-21-22-32(2)42(29-31)51(50,38-17-8-5-9-18-38)39-26-24-34(25-27-39)36-15-12-16-37(30-36)47-48-45(41-19-10-11-20-43(41)52-48)44-40(35-13-6-4-7-14-35)28-23-33(3)46(44)49-47/h4-22,24-28,30-33,42H,23,29H2,1-3H3. The number of nitrogens with zero attached hydrogens (tertiary/aromatic N) is 1. The highest BCUT2D eigenvalue weighted by atomic mass is 32.1. The number of aromatic nitrogens is 1. The third-order valence-electron chi connectivity index (χ3n) is 11.3. The largest absolute Gasteiger partial charge is 0.313 e. The zero-order valence-electron chi connectivity index (χ0n) is 29.9. The highest BCUT2D eigenvalue weighted by Crippen LogP contribution is 2.55. The highest BCUT2D eigenvalue weighted by molar-refractivity contribution is 7.79. The Labute approximate surface area is 311 Å². The Morgan fingerprint density at radius 3 is 2.13 bits per heavy atom. The number of allylic oxidation sites excluding steroid dienone is 3. The van der Waals surface area contributed by atoms with Crippen molar-refractivity contribution in [3.8, 4) is 22.4 Å². The minimum Gasteiger partial charge on any atom is -0.313 e. The van der Waals surface area contributed by atoms with Gasteiger partial charge in [-0.2, -0.15) is 0 Å². The smallest absolute Gasteiger partial charge is 0.146 e. The molecule has 9 rings (SSSR count). The minimum absolute atomic E-state index is 0.0718. The molecule has 0 bridgehead atoms. The third-order valence-corrected chi connectivity index (χ3v) is 16.3. The summed E-state index contributed by atoms with van der Waals surface area (Å²) in [6.07, 6.45) is 8.87. The van der Waals surface area contributed by atoms with E-state index in [-0.39, 0.29) is 11.6 Å². The second-order valence-corrected chi connectivity index (χ2v) is 18.9. The number of rotatable bonds is 6. The Morgan fingerprint density at radius 1 is 0.673 bits per heavy atom. The first-order valence-electron chi connectivity index (χ1n) is 18.6. The van der Waals surface area contributed by atoms with Gasteiger partial charge in [-0.25, -0.2) is 0 Å². The maximum Gasteiger partial charge on any atom is 0.146 e. The molecule has 0 aliphatic heterocycles. The van der Waals surface area contributed by atoms with Crippen molar-refractivity contribution >= 4 is 54.8 Å². The van der Waals surface area contributed by atoms with Crippen LogP contribution in [0.1, 0.15) is 56.4 Å². The van der Waals surface area contributed by atoms with Gasteiger partial charge in [-0.3, -0.25) is 4.98 Å². The van der Waals surface area contributed by atoms with Gasteiger partial charge < -0.3 is 4.57 Å². The van der Waals surface area contributed by atoms with E-state index < -0.39 is 7.14 Å². The van der Waals surface area contributed by atoms with Crippen LogP contribution in [0.5, 0.6) is 0 Å². The van der Waals surface area contributed by atoms with Crippen molar-refractivity contribution in [3.63, 3.8) is 0 Å². The summed E-state index contributed by atoms with van der Waals surface area (Å²) < 4.78 is 17.9. The zero-order valence-corrected chi connectivity index (χ0v) is 31.6. The topological polar surface area (TPSA) is 30.0 Å². The summed E-state index contributed by atoms with van der Waals surface area (Å²) in [6.45, 7) is 6.78. The first-order chi connectivity index (χ1) is 25.4. The van der Waals surface area contributed by atoms with Crippen LogP contribution in [0.2, 0.25) is 0 Å². The van der Waals surface area contributed by atoms with Crippen LogP contribution in [0.4, 0.5) is 0 Å². The number of hydrogen-bond donors (Lipinski definition) is 0. The fourth-order valence-electron chi connectivity index (χ4n) is 8.58. The molecule has 2 heterocycles. The molecule has 4 heteroatoms. The average molecular weight is 712 g/mol. The molecule has 256 valence electrons. The molecule has 2 nitrogen and oxygen atoms in total. The normalized spacial score (nSPS) is 21.1. The number of pyridine rings is 1. The number of fused-ring (bicyclic) bond motifs is 5. The van der Waals surface area contributed by atoms with Gasteiger partial charge in [0.1, 0.15) is 7.14 Å². The van der Waals surface area contributed by atoms with Crippen LogP contribution in [0.15, 0.2) is 152 Å². The van der Waals surface area contributed by atoms with Crippen molar-refractivity contribution in [1.82, 2.24) is 4.98 Å². The monoisotopic (exact) mass is 711 g/mol. The van der Waals surface area contributed by atoms with Crippen molar-refractivity contribution in [2.45, 2.75) is 45.2 Å². The molecule has 2 aliphatic carbocycles. The van der Waals surface area contributed by atoms with Crippen LogP contribution in [-0.2, 0) is 4.57 Å². The molecule has 5 unspecified atom stereocenters. The predicted octanol–water partition coefficient (Wildman–Crippen LogP) is 12.6. The van der Waals surface area contributed by atoms with E-state index in [1.807, 2.05) is 29.5 Å². The molecule has 2 aromatic heterocycles. The van der Waals surface area contributed by atoms with Crippen LogP contribution < -0.4 is 10.6 Å². The van der Waals surface area contributed by atoms with E-state index in [0.29, 0.717) is 11.8 Å². The molecule has 5 atom stereocenters.